The molecule has 21 heavy (non-hydrogen) atoms. The molecule has 4 aliphatic carbocycles. The predicted octanol–water partition coefficient (Wildman–Crippen LogP) is 5.22. The summed E-state index contributed by atoms with van der Waals surface area (Å²) < 4.78 is 0. The van der Waals surface area contributed by atoms with Crippen LogP contribution in [0.1, 0.15) is 63.7 Å². The maximum atomic E-state index is 3.70. The molecule has 0 aliphatic heterocycles. The molecule has 1 aromatic heterocycles. The van der Waals surface area contributed by atoms with Crippen LogP contribution < -0.4 is 5.32 Å². The van der Waals surface area contributed by atoms with Gasteiger partial charge in [0.1, 0.15) is 0 Å². The maximum absolute atomic E-state index is 3.70. The van der Waals surface area contributed by atoms with Crippen LogP contribution in [0, 0.1) is 22.2 Å². The molecule has 0 aromatic carbocycles. The fourth-order valence-corrected chi connectivity index (χ4v) is 7.62. The summed E-state index contributed by atoms with van der Waals surface area (Å²) >= 11 is 1.87. The Morgan fingerprint density at radius 3 is 2.52 bits per heavy atom. The van der Waals surface area contributed by atoms with Gasteiger partial charge in [-0.05, 0) is 85.1 Å². The van der Waals surface area contributed by atoms with Crippen molar-refractivity contribution in [1.82, 2.24) is 5.32 Å². The molecule has 4 aliphatic rings. The minimum Gasteiger partial charge on any atom is -0.312 e. The molecule has 4 bridgehead atoms. The molecule has 2 heteroatoms. The normalized spacial score (nSPS) is 44.4. The van der Waals surface area contributed by atoms with E-state index in [1.54, 1.807) is 0 Å². The monoisotopic (exact) mass is 303 g/mol. The van der Waals surface area contributed by atoms with E-state index in [-0.39, 0.29) is 0 Å². The van der Waals surface area contributed by atoms with E-state index in [1.807, 2.05) is 11.3 Å². The molecule has 116 valence electrons. The van der Waals surface area contributed by atoms with Crippen LogP contribution in [-0.2, 0) is 6.54 Å². The quantitative estimate of drug-likeness (QED) is 0.735. The summed E-state index contributed by atoms with van der Waals surface area (Å²) in [5.74, 6) is 1.04. The van der Waals surface area contributed by atoms with Gasteiger partial charge in [-0.2, -0.15) is 0 Å². The average Bonchev–Trinajstić information content (AvgIpc) is 2.83. The standard InChI is InChI=1S/C19H29NS/c1-17-8-15-9-18(2,12-17)14-19(10-15,13-17)5-6-20-11-16-4-3-7-21-16/h3-4,7,15,20H,5-6,8-14H2,1-2H3. The SMILES string of the molecule is CC12CC3CC(C)(C1)CC(CCNCc1cccs1)(C3)C2. The Bertz CT molecular complexity index is 488. The molecule has 5 rings (SSSR count). The molecule has 0 amide bonds. The van der Waals surface area contributed by atoms with Crippen LogP contribution in [0.25, 0.3) is 0 Å². The van der Waals surface area contributed by atoms with Gasteiger partial charge in [0.25, 0.3) is 0 Å². The fourth-order valence-electron chi connectivity index (χ4n) is 6.94. The van der Waals surface area contributed by atoms with Crippen molar-refractivity contribution >= 4 is 11.3 Å². The Morgan fingerprint density at radius 1 is 1.14 bits per heavy atom. The molecule has 4 saturated carbocycles. The molecule has 1 aromatic rings. The third-order valence-electron chi connectivity index (χ3n) is 6.45. The number of hydrogen-bond donors (Lipinski definition) is 1. The summed E-state index contributed by atoms with van der Waals surface area (Å²) in [7, 11) is 0. The zero-order valence-electron chi connectivity index (χ0n) is 13.6. The summed E-state index contributed by atoms with van der Waals surface area (Å²) in [5.41, 5.74) is 2.01. The second kappa shape index (κ2) is 4.83. The molecule has 0 saturated heterocycles. The zero-order chi connectivity index (χ0) is 14.6. The van der Waals surface area contributed by atoms with E-state index < -0.39 is 0 Å². The second-order valence-electron chi connectivity index (χ2n) is 9.14. The topological polar surface area (TPSA) is 12.0 Å². The van der Waals surface area contributed by atoms with Crippen molar-refractivity contribution in [2.24, 2.45) is 22.2 Å². The van der Waals surface area contributed by atoms with Crippen LogP contribution in [-0.4, -0.2) is 6.54 Å². The smallest absolute Gasteiger partial charge is 0.0299 e. The Labute approximate surface area is 133 Å². The summed E-state index contributed by atoms with van der Waals surface area (Å²) in [6.45, 7) is 7.44. The molecule has 1 heterocycles. The van der Waals surface area contributed by atoms with Gasteiger partial charge >= 0.3 is 0 Å². The van der Waals surface area contributed by atoms with Gasteiger partial charge in [0.15, 0.2) is 0 Å². The number of thiophene rings is 1. The molecule has 4 fully saturated rings. The van der Waals surface area contributed by atoms with Crippen molar-refractivity contribution in [2.45, 2.75) is 65.3 Å². The predicted molar refractivity (Wildman–Crippen MR) is 90.5 cm³/mol. The molecular weight excluding hydrogens is 274 g/mol. The van der Waals surface area contributed by atoms with Crippen molar-refractivity contribution < 1.29 is 0 Å². The lowest BCUT2D eigenvalue weighted by atomic mass is 9.40. The van der Waals surface area contributed by atoms with Crippen molar-refractivity contribution in [3.8, 4) is 0 Å². The summed E-state index contributed by atoms with van der Waals surface area (Å²) in [4.78, 5) is 1.47. The van der Waals surface area contributed by atoms with Crippen molar-refractivity contribution in [2.75, 3.05) is 6.54 Å². The third-order valence-corrected chi connectivity index (χ3v) is 7.33. The van der Waals surface area contributed by atoms with Crippen LogP contribution >= 0.6 is 11.3 Å². The highest BCUT2D eigenvalue weighted by atomic mass is 32.1. The van der Waals surface area contributed by atoms with Gasteiger partial charge in [0.2, 0.25) is 0 Å². The average molecular weight is 304 g/mol. The Balaban J connectivity index is 1.38. The van der Waals surface area contributed by atoms with Crippen LogP contribution in [0.3, 0.4) is 0 Å². The Kier molecular flexibility index (Phi) is 3.28. The molecular formula is C19H29NS. The van der Waals surface area contributed by atoms with E-state index in [9.17, 15) is 0 Å². The van der Waals surface area contributed by atoms with Crippen LogP contribution in [0.2, 0.25) is 0 Å². The summed E-state index contributed by atoms with van der Waals surface area (Å²) in [6.07, 6.45) is 10.5. The third kappa shape index (κ3) is 2.70. The van der Waals surface area contributed by atoms with E-state index >= 15 is 0 Å². The van der Waals surface area contributed by atoms with Gasteiger partial charge in [-0.1, -0.05) is 19.9 Å². The maximum Gasteiger partial charge on any atom is 0.0299 e. The Hall–Kier alpha value is -0.340. The first kappa shape index (κ1) is 14.3. The highest BCUT2D eigenvalue weighted by molar-refractivity contribution is 7.09. The van der Waals surface area contributed by atoms with Gasteiger partial charge in [-0.25, -0.2) is 0 Å². The van der Waals surface area contributed by atoms with Gasteiger partial charge in [-0.3, -0.25) is 0 Å². The lowest BCUT2D eigenvalue weighted by Crippen LogP contribution is -2.55. The van der Waals surface area contributed by atoms with E-state index in [2.05, 4.69) is 36.7 Å². The van der Waals surface area contributed by atoms with E-state index in [0.29, 0.717) is 16.2 Å². The van der Waals surface area contributed by atoms with Crippen molar-refractivity contribution in [3.05, 3.63) is 22.4 Å². The second-order valence-corrected chi connectivity index (χ2v) is 10.2. The first-order valence-electron chi connectivity index (χ1n) is 8.72. The molecule has 1 nitrogen and oxygen atoms in total. The van der Waals surface area contributed by atoms with Gasteiger partial charge in [-0.15, -0.1) is 11.3 Å². The lowest BCUT2D eigenvalue weighted by molar-refractivity contribution is -0.147. The summed E-state index contributed by atoms with van der Waals surface area (Å²) in [6, 6.07) is 4.40. The lowest BCUT2D eigenvalue weighted by Gasteiger charge is -2.65. The molecule has 0 radical (unpaired) electrons. The highest BCUT2D eigenvalue weighted by Gasteiger charge is 2.59. The van der Waals surface area contributed by atoms with Gasteiger partial charge in [0, 0.05) is 11.4 Å². The van der Waals surface area contributed by atoms with Crippen molar-refractivity contribution in [1.29, 1.82) is 0 Å². The first-order valence-corrected chi connectivity index (χ1v) is 9.60. The molecule has 2 atom stereocenters. The first-order chi connectivity index (χ1) is 9.99. The highest BCUT2D eigenvalue weighted by Crippen LogP contribution is 2.70. The molecule has 2 unspecified atom stereocenters. The van der Waals surface area contributed by atoms with Gasteiger partial charge < -0.3 is 5.32 Å². The van der Waals surface area contributed by atoms with E-state index in [1.165, 1.54) is 56.4 Å². The Morgan fingerprint density at radius 2 is 1.90 bits per heavy atom. The number of rotatable bonds is 5. The van der Waals surface area contributed by atoms with Crippen LogP contribution in [0.4, 0.5) is 0 Å². The van der Waals surface area contributed by atoms with Gasteiger partial charge in [0.05, 0.1) is 0 Å². The largest absolute Gasteiger partial charge is 0.312 e. The van der Waals surface area contributed by atoms with E-state index in [0.717, 1.165) is 12.5 Å². The molecule has 1 N–H and O–H groups in total. The summed E-state index contributed by atoms with van der Waals surface area (Å²) in [5, 5.41) is 5.88. The fraction of sp³-hybridized carbons (Fsp3) is 0.789. The van der Waals surface area contributed by atoms with E-state index in [4.69, 9.17) is 0 Å². The zero-order valence-corrected chi connectivity index (χ0v) is 14.4. The van der Waals surface area contributed by atoms with Crippen molar-refractivity contribution in [3.63, 3.8) is 0 Å². The van der Waals surface area contributed by atoms with Crippen LogP contribution in [0.5, 0.6) is 0 Å². The molecule has 0 spiro atoms. The van der Waals surface area contributed by atoms with Crippen LogP contribution in [0.15, 0.2) is 17.5 Å². The number of hydrogen-bond acceptors (Lipinski definition) is 2. The minimum absolute atomic E-state index is 0.669. The minimum atomic E-state index is 0.669. The number of nitrogens with one attached hydrogen (secondary N) is 1.